The van der Waals surface area contributed by atoms with Crippen LogP contribution in [0.15, 0.2) is 23.1 Å². The normalized spacial score (nSPS) is 13.0. The van der Waals surface area contributed by atoms with Crippen LogP contribution in [0.3, 0.4) is 0 Å². The molecule has 1 heterocycles. The monoisotopic (exact) mass is 468 g/mol. The molecule has 30 heavy (non-hydrogen) atoms. The molecule has 0 aliphatic rings. The molecule has 1 N–H and O–H groups in total. The highest BCUT2D eigenvalue weighted by molar-refractivity contribution is 7.99. The third kappa shape index (κ3) is 5.74. The summed E-state index contributed by atoms with van der Waals surface area (Å²) in [7, 11) is 0. The second-order valence-electron chi connectivity index (χ2n) is 6.01. The van der Waals surface area contributed by atoms with E-state index in [1.54, 1.807) is 0 Å². The molecule has 0 unspecified atom stereocenters. The molecule has 0 atom stereocenters. The van der Waals surface area contributed by atoms with Gasteiger partial charge in [0.05, 0.1) is 18.1 Å². The van der Waals surface area contributed by atoms with Gasteiger partial charge in [-0.25, -0.2) is 9.07 Å². The number of aliphatic hydroxyl groups excluding tert-OH is 1. The first-order valence-electron chi connectivity index (χ1n) is 7.92. The van der Waals surface area contributed by atoms with Gasteiger partial charge in [0.2, 0.25) is 5.88 Å². The maximum atomic E-state index is 14.4. The first-order chi connectivity index (χ1) is 13.6. The van der Waals surface area contributed by atoms with Gasteiger partial charge >= 0.3 is 18.3 Å². The van der Waals surface area contributed by atoms with Crippen molar-refractivity contribution in [1.29, 1.82) is 0 Å². The molecular formula is C16H13F9N2O2S. The number of ether oxygens (including phenoxy) is 1. The minimum atomic E-state index is -5.87. The Labute approximate surface area is 167 Å². The molecule has 168 valence electrons. The number of alkyl halides is 8. The zero-order valence-electron chi connectivity index (χ0n) is 14.9. The zero-order chi connectivity index (χ0) is 22.9. The smallest absolute Gasteiger partial charge is 0.456 e. The Hall–Kier alpha value is -2.09. The number of halogens is 9. The molecule has 0 amide bonds. The Morgan fingerprint density at radius 3 is 2.23 bits per heavy atom. The van der Waals surface area contributed by atoms with Crippen LogP contribution in [0.1, 0.15) is 11.3 Å². The summed E-state index contributed by atoms with van der Waals surface area (Å²) >= 11 is 0.357. The minimum Gasteiger partial charge on any atom is -0.470 e. The summed E-state index contributed by atoms with van der Waals surface area (Å²) in [5, 5.41) is 12.9. The van der Waals surface area contributed by atoms with Crippen molar-refractivity contribution in [2.24, 2.45) is 0 Å². The fraction of sp³-hybridized carbons (Fsp3) is 0.438. The van der Waals surface area contributed by atoms with Crippen LogP contribution in [0.25, 0.3) is 5.69 Å². The molecule has 0 saturated heterocycles. The SMILES string of the molecule is Cc1cc(F)c(-n2nc(OCC(F)(F)C(F)(F)F)cc2CO)cc1SCC(F)(F)F. The second-order valence-corrected chi connectivity index (χ2v) is 7.02. The van der Waals surface area contributed by atoms with Gasteiger partial charge in [0.15, 0.2) is 6.61 Å². The molecule has 0 bridgehead atoms. The summed E-state index contributed by atoms with van der Waals surface area (Å²) < 4.78 is 119. The predicted molar refractivity (Wildman–Crippen MR) is 87.5 cm³/mol. The zero-order valence-corrected chi connectivity index (χ0v) is 15.7. The topological polar surface area (TPSA) is 47.3 Å². The summed E-state index contributed by atoms with van der Waals surface area (Å²) in [6.45, 7) is -1.60. The molecule has 0 aliphatic carbocycles. The van der Waals surface area contributed by atoms with Crippen molar-refractivity contribution in [3.05, 3.63) is 35.3 Å². The van der Waals surface area contributed by atoms with Crippen LogP contribution in [0.2, 0.25) is 0 Å². The Balaban J connectivity index is 2.35. The van der Waals surface area contributed by atoms with E-state index in [4.69, 9.17) is 0 Å². The Bertz CT molecular complexity index is 894. The number of hydrogen-bond acceptors (Lipinski definition) is 4. The minimum absolute atomic E-state index is 0.0224. The van der Waals surface area contributed by atoms with Crippen LogP contribution in [0, 0.1) is 12.7 Å². The van der Waals surface area contributed by atoms with Crippen molar-refractivity contribution in [3.63, 3.8) is 0 Å². The van der Waals surface area contributed by atoms with Gasteiger partial charge in [-0.2, -0.15) is 35.1 Å². The molecule has 0 fully saturated rings. The predicted octanol–water partition coefficient (Wildman–Crippen LogP) is 5.04. The number of nitrogens with zero attached hydrogens (tertiary/aromatic N) is 2. The van der Waals surface area contributed by atoms with Crippen LogP contribution in [-0.4, -0.2) is 45.5 Å². The number of thioether (sulfide) groups is 1. The molecule has 1 aromatic heterocycles. The number of rotatable bonds is 7. The Morgan fingerprint density at radius 1 is 1.07 bits per heavy atom. The standard InChI is InChI=1S/C16H13F9N2O2S/c1-8-2-10(17)11(4-12(8)30-7-15(20,21)22)27-9(5-28)3-13(26-27)29-6-14(18,19)16(23,24)25/h2-4,28H,5-7H2,1H3. The molecule has 1 aromatic carbocycles. The molecule has 4 nitrogen and oxygen atoms in total. The van der Waals surface area contributed by atoms with E-state index >= 15 is 0 Å². The molecule has 0 radical (unpaired) electrons. The van der Waals surface area contributed by atoms with E-state index < -0.39 is 54.6 Å². The van der Waals surface area contributed by atoms with Crippen LogP contribution in [0.5, 0.6) is 5.88 Å². The van der Waals surface area contributed by atoms with Gasteiger partial charge < -0.3 is 9.84 Å². The van der Waals surface area contributed by atoms with Gasteiger partial charge in [-0.05, 0) is 24.6 Å². The number of hydrogen-bond donors (Lipinski definition) is 1. The van der Waals surface area contributed by atoms with Crippen molar-refractivity contribution in [2.75, 3.05) is 12.4 Å². The van der Waals surface area contributed by atoms with Crippen LogP contribution >= 0.6 is 11.8 Å². The summed E-state index contributed by atoms with van der Waals surface area (Å²) in [6, 6.07) is 2.69. The summed E-state index contributed by atoms with van der Waals surface area (Å²) in [5.74, 6) is -8.21. The molecule has 0 aliphatic heterocycles. The molecule has 0 saturated carbocycles. The van der Waals surface area contributed by atoms with E-state index in [0.717, 1.165) is 18.2 Å². The lowest BCUT2D eigenvalue weighted by Gasteiger charge is -2.18. The lowest BCUT2D eigenvalue weighted by Crippen LogP contribution is -2.41. The lowest BCUT2D eigenvalue weighted by molar-refractivity contribution is -0.290. The van der Waals surface area contributed by atoms with Crippen molar-refractivity contribution in [2.45, 2.75) is 36.7 Å². The van der Waals surface area contributed by atoms with Crippen LogP contribution in [-0.2, 0) is 6.61 Å². The Morgan fingerprint density at radius 2 is 1.70 bits per heavy atom. The summed E-state index contributed by atoms with van der Waals surface area (Å²) in [6.07, 6.45) is -10.4. The van der Waals surface area contributed by atoms with E-state index in [0.29, 0.717) is 16.4 Å². The van der Waals surface area contributed by atoms with Crippen LogP contribution in [0.4, 0.5) is 39.5 Å². The Kier molecular flexibility index (Phi) is 6.91. The van der Waals surface area contributed by atoms with Crippen LogP contribution < -0.4 is 4.74 Å². The van der Waals surface area contributed by atoms with E-state index in [1.807, 2.05) is 0 Å². The van der Waals surface area contributed by atoms with Crippen molar-refractivity contribution in [1.82, 2.24) is 9.78 Å². The maximum Gasteiger partial charge on any atom is 0.456 e. The summed E-state index contributed by atoms with van der Waals surface area (Å²) in [4.78, 5) is 0.0224. The van der Waals surface area contributed by atoms with Crippen molar-refractivity contribution >= 4 is 11.8 Å². The fourth-order valence-corrected chi connectivity index (χ4v) is 2.95. The first kappa shape index (κ1) is 24.2. The number of benzene rings is 1. The second kappa shape index (κ2) is 8.57. The van der Waals surface area contributed by atoms with Gasteiger partial charge in [0, 0.05) is 11.0 Å². The highest BCUT2D eigenvalue weighted by Gasteiger charge is 2.58. The average Bonchev–Trinajstić information content (AvgIpc) is 3.00. The fourth-order valence-electron chi connectivity index (χ4n) is 2.15. The van der Waals surface area contributed by atoms with E-state index in [9.17, 15) is 44.6 Å². The van der Waals surface area contributed by atoms with E-state index in [-0.39, 0.29) is 16.2 Å². The maximum absolute atomic E-state index is 14.4. The van der Waals surface area contributed by atoms with Gasteiger partial charge in [0.25, 0.3) is 0 Å². The molecule has 2 aromatic rings. The van der Waals surface area contributed by atoms with Crippen molar-refractivity contribution in [3.8, 4) is 11.6 Å². The highest BCUT2D eigenvalue weighted by Crippen LogP contribution is 2.36. The molecule has 0 spiro atoms. The molecule has 2 rings (SSSR count). The number of aryl methyl sites for hydroxylation is 1. The van der Waals surface area contributed by atoms with Gasteiger partial charge in [0.1, 0.15) is 11.5 Å². The van der Waals surface area contributed by atoms with Gasteiger partial charge in [-0.3, -0.25) is 0 Å². The van der Waals surface area contributed by atoms with Gasteiger partial charge in [-0.15, -0.1) is 16.9 Å². The quantitative estimate of drug-likeness (QED) is 0.457. The van der Waals surface area contributed by atoms with Crippen molar-refractivity contribution < 1.29 is 49.4 Å². The van der Waals surface area contributed by atoms with E-state index in [2.05, 4.69) is 9.84 Å². The molecular weight excluding hydrogens is 455 g/mol. The van der Waals surface area contributed by atoms with E-state index in [1.165, 1.54) is 6.92 Å². The summed E-state index contributed by atoms with van der Waals surface area (Å²) in [5.41, 5.74) is -0.536. The largest absolute Gasteiger partial charge is 0.470 e. The number of aliphatic hydroxyl groups is 1. The average molecular weight is 468 g/mol. The number of aromatic nitrogens is 2. The first-order valence-corrected chi connectivity index (χ1v) is 8.90. The van der Waals surface area contributed by atoms with Gasteiger partial charge in [-0.1, -0.05) is 0 Å². The third-order valence-corrected chi connectivity index (χ3v) is 4.83. The highest BCUT2D eigenvalue weighted by atomic mass is 32.2. The molecule has 14 heteroatoms. The third-order valence-electron chi connectivity index (χ3n) is 3.60. The lowest BCUT2D eigenvalue weighted by atomic mass is 10.2.